The fraction of sp³-hybridized carbons (Fsp3) is 0.462. The highest BCUT2D eigenvalue weighted by Gasteiger charge is 2.25. The van der Waals surface area contributed by atoms with Crippen molar-refractivity contribution in [2.45, 2.75) is 31.2 Å². The van der Waals surface area contributed by atoms with Crippen LogP contribution in [0.4, 0.5) is 0 Å². The van der Waals surface area contributed by atoms with Crippen LogP contribution in [0.3, 0.4) is 0 Å². The number of ether oxygens (including phenoxy) is 1. The third-order valence-electron chi connectivity index (χ3n) is 2.77. The van der Waals surface area contributed by atoms with E-state index < -0.39 is 28.6 Å². The fourth-order valence-electron chi connectivity index (χ4n) is 1.72. The van der Waals surface area contributed by atoms with Gasteiger partial charge in [-0.2, -0.15) is 4.72 Å². The highest BCUT2D eigenvalue weighted by atomic mass is 32.2. The molecule has 21 heavy (non-hydrogen) atoms. The van der Waals surface area contributed by atoms with Crippen LogP contribution >= 0.6 is 0 Å². The molecule has 0 heterocycles. The molecule has 8 heteroatoms. The molecule has 0 aromatic heterocycles. The maximum atomic E-state index is 12.1. The summed E-state index contributed by atoms with van der Waals surface area (Å²) in [5.41, 5.74) is 0.633. The number of aliphatic hydroxyl groups excluding tert-OH is 1. The topological polar surface area (TPSA) is 113 Å². The van der Waals surface area contributed by atoms with Gasteiger partial charge in [0.15, 0.2) is 0 Å². The molecule has 0 saturated carbocycles. The number of benzene rings is 1. The Labute approximate surface area is 123 Å². The van der Waals surface area contributed by atoms with Crippen LogP contribution in [0.25, 0.3) is 0 Å². The quantitative estimate of drug-likeness (QED) is 0.644. The Balaban J connectivity index is 3.02. The van der Waals surface area contributed by atoms with Crippen molar-refractivity contribution in [1.29, 1.82) is 0 Å². The number of carboxylic acid groups (broad SMARTS) is 1. The fourth-order valence-corrected chi connectivity index (χ4v) is 3.03. The summed E-state index contributed by atoms with van der Waals surface area (Å²) in [7, 11) is -3.98. The molecule has 0 radical (unpaired) electrons. The summed E-state index contributed by atoms with van der Waals surface area (Å²) in [6.07, 6.45) is -0.204. The molecule has 1 atom stereocenters. The molecule has 118 valence electrons. The number of sulfonamides is 1. The largest absolute Gasteiger partial charge is 0.494 e. The molecule has 1 unspecified atom stereocenters. The summed E-state index contributed by atoms with van der Waals surface area (Å²) in [6.45, 7) is 3.55. The number of carbonyl (C=O) groups is 1. The van der Waals surface area contributed by atoms with Crippen molar-refractivity contribution in [3.63, 3.8) is 0 Å². The molecule has 1 rings (SSSR count). The van der Waals surface area contributed by atoms with Gasteiger partial charge in [-0.1, -0.05) is 0 Å². The molecule has 1 aromatic rings. The number of aliphatic hydroxyl groups is 1. The van der Waals surface area contributed by atoms with Gasteiger partial charge in [0.1, 0.15) is 11.8 Å². The van der Waals surface area contributed by atoms with E-state index in [0.29, 0.717) is 17.9 Å². The average molecular weight is 317 g/mol. The first kappa shape index (κ1) is 17.4. The summed E-state index contributed by atoms with van der Waals surface area (Å²) < 4.78 is 31.7. The number of nitrogens with one attached hydrogen (secondary N) is 1. The lowest BCUT2D eigenvalue weighted by Gasteiger charge is -2.15. The summed E-state index contributed by atoms with van der Waals surface area (Å²) >= 11 is 0. The Kier molecular flexibility index (Phi) is 6.13. The predicted molar refractivity (Wildman–Crippen MR) is 75.8 cm³/mol. The highest BCUT2D eigenvalue weighted by molar-refractivity contribution is 7.89. The molecule has 1 aromatic carbocycles. The van der Waals surface area contributed by atoms with Gasteiger partial charge >= 0.3 is 5.97 Å². The molecule has 0 aliphatic rings. The lowest BCUT2D eigenvalue weighted by molar-refractivity contribution is -0.139. The second-order valence-corrected chi connectivity index (χ2v) is 6.10. The van der Waals surface area contributed by atoms with E-state index in [0.717, 1.165) is 0 Å². The number of carboxylic acids is 1. The summed E-state index contributed by atoms with van der Waals surface area (Å²) in [5.74, 6) is -0.767. The molecule has 0 bridgehead atoms. The zero-order valence-corrected chi connectivity index (χ0v) is 12.7. The number of hydrogen-bond acceptors (Lipinski definition) is 5. The molecular weight excluding hydrogens is 298 g/mol. The van der Waals surface area contributed by atoms with Crippen LogP contribution in [0.15, 0.2) is 23.1 Å². The second kappa shape index (κ2) is 7.39. The van der Waals surface area contributed by atoms with Crippen molar-refractivity contribution >= 4 is 16.0 Å². The SMILES string of the molecule is CCOc1ccc(S(=O)(=O)NC(CCO)C(=O)O)cc1C. The van der Waals surface area contributed by atoms with Gasteiger partial charge in [-0.15, -0.1) is 0 Å². The molecular formula is C13H19NO6S. The van der Waals surface area contributed by atoms with Crippen LogP contribution in [-0.4, -0.2) is 43.9 Å². The standard InChI is InChI=1S/C13H19NO6S/c1-3-20-12-5-4-10(8-9(12)2)21(18,19)14-11(6-7-15)13(16)17/h4-5,8,11,14-15H,3,6-7H2,1-2H3,(H,16,17). The Morgan fingerprint density at radius 3 is 2.57 bits per heavy atom. The van der Waals surface area contributed by atoms with Crippen molar-refractivity contribution in [2.75, 3.05) is 13.2 Å². The smallest absolute Gasteiger partial charge is 0.321 e. The van der Waals surface area contributed by atoms with E-state index in [1.54, 1.807) is 6.92 Å². The average Bonchev–Trinajstić information content (AvgIpc) is 2.40. The lowest BCUT2D eigenvalue weighted by atomic mass is 10.2. The van der Waals surface area contributed by atoms with Crippen molar-refractivity contribution in [2.24, 2.45) is 0 Å². The molecule has 7 nitrogen and oxygen atoms in total. The van der Waals surface area contributed by atoms with Crippen molar-refractivity contribution < 1.29 is 28.2 Å². The van der Waals surface area contributed by atoms with E-state index >= 15 is 0 Å². The van der Waals surface area contributed by atoms with E-state index in [4.69, 9.17) is 14.9 Å². The zero-order valence-electron chi connectivity index (χ0n) is 11.9. The third-order valence-corrected chi connectivity index (χ3v) is 4.24. The predicted octanol–water partition coefficient (Wildman–Crippen LogP) is 0.508. The normalized spacial score (nSPS) is 12.9. The Morgan fingerprint density at radius 2 is 2.10 bits per heavy atom. The van der Waals surface area contributed by atoms with Crippen molar-refractivity contribution in [3.8, 4) is 5.75 Å². The van der Waals surface area contributed by atoms with E-state index in [1.165, 1.54) is 18.2 Å². The van der Waals surface area contributed by atoms with Gasteiger partial charge in [-0.25, -0.2) is 8.42 Å². The lowest BCUT2D eigenvalue weighted by Crippen LogP contribution is -2.41. The van der Waals surface area contributed by atoms with Gasteiger partial charge in [0.25, 0.3) is 0 Å². The molecule has 0 aliphatic heterocycles. The van der Waals surface area contributed by atoms with Crippen molar-refractivity contribution in [3.05, 3.63) is 23.8 Å². The van der Waals surface area contributed by atoms with Crippen molar-refractivity contribution in [1.82, 2.24) is 4.72 Å². The van der Waals surface area contributed by atoms with Gasteiger partial charge in [0.2, 0.25) is 10.0 Å². The van der Waals surface area contributed by atoms with Crippen LogP contribution in [0.2, 0.25) is 0 Å². The molecule has 0 fully saturated rings. The monoisotopic (exact) mass is 317 g/mol. The van der Waals surface area contributed by atoms with Crippen LogP contribution in [-0.2, 0) is 14.8 Å². The van der Waals surface area contributed by atoms with Gasteiger partial charge in [-0.05, 0) is 44.0 Å². The van der Waals surface area contributed by atoms with Crippen LogP contribution in [0, 0.1) is 6.92 Å². The van der Waals surface area contributed by atoms with Crippen LogP contribution < -0.4 is 9.46 Å². The first-order valence-electron chi connectivity index (χ1n) is 6.41. The number of aliphatic carboxylic acids is 1. The first-order chi connectivity index (χ1) is 9.81. The number of hydrogen-bond donors (Lipinski definition) is 3. The zero-order chi connectivity index (χ0) is 16.0. The van der Waals surface area contributed by atoms with Gasteiger partial charge < -0.3 is 14.9 Å². The van der Waals surface area contributed by atoms with E-state index in [2.05, 4.69) is 4.72 Å². The molecule has 0 saturated heterocycles. The van der Waals surface area contributed by atoms with Gasteiger partial charge in [-0.3, -0.25) is 4.79 Å². The molecule has 3 N–H and O–H groups in total. The van der Waals surface area contributed by atoms with Crippen LogP contribution in [0.1, 0.15) is 18.9 Å². The number of aryl methyl sites for hydroxylation is 1. The maximum absolute atomic E-state index is 12.1. The van der Waals surface area contributed by atoms with E-state index in [-0.39, 0.29) is 11.3 Å². The highest BCUT2D eigenvalue weighted by Crippen LogP contribution is 2.22. The Morgan fingerprint density at radius 1 is 1.43 bits per heavy atom. The summed E-state index contributed by atoms with van der Waals surface area (Å²) in [4.78, 5) is 10.9. The first-order valence-corrected chi connectivity index (χ1v) is 7.89. The van der Waals surface area contributed by atoms with E-state index in [1.807, 2.05) is 6.92 Å². The maximum Gasteiger partial charge on any atom is 0.321 e. The third kappa shape index (κ3) is 4.69. The molecule has 0 spiro atoms. The van der Waals surface area contributed by atoms with Gasteiger partial charge in [0.05, 0.1) is 11.5 Å². The van der Waals surface area contributed by atoms with Crippen LogP contribution in [0.5, 0.6) is 5.75 Å². The minimum Gasteiger partial charge on any atom is -0.494 e. The minimum atomic E-state index is -3.98. The molecule has 0 aliphatic carbocycles. The van der Waals surface area contributed by atoms with Gasteiger partial charge in [0, 0.05) is 6.61 Å². The number of rotatable bonds is 8. The molecule has 0 amide bonds. The Bertz CT molecular complexity index is 599. The summed E-state index contributed by atoms with van der Waals surface area (Å²) in [6, 6.07) is 2.91. The second-order valence-electron chi connectivity index (χ2n) is 4.38. The Hall–Kier alpha value is -1.64. The minimum absolute atomic E-state index is 0.0485. The van der Waals surface area contributed by atoms with E-state index in [9.17, 15) is 13.2 Å². The summed E-state index contributed by atoms with van der Waals surface area (Å²) in [5, 5.41) is 17.7.